The third-order valence-electron chi connectivity index (χ3n) is 4.68. The number of fused-ring (bicyclic) bond motifs is 3. The third kappa shape index (κ3) is 2.73. The molecule has 1 aromatic carbocycles. The van der Waals surface area contributed by atoms with Crippen molar-refractivity contribution in [3.05, 3.63) is 66.3 Å². The Hall–Kier alpha value is -3.58. The number of ether oxygens (including phenoxy) is 1. The van der Waals surface area contributed by atoms with Gasteiger partial charge in [-0.1, -0.05) is 24.3 Å². The molecule has 5 aromatic rings. The summed E-state index contributed by atoms with van der Waals surface area (Å²) in [6.45, 7) is 2.60. The Kier molecular flexibility index (Phi) is 3.87. The smallest absolute Gasteiger partial charge is 0.267 e. The van der Waals surface area contributed by atoms with Crippen LogP contribution in [0.5, 0.6) is 0 Å². The van der Waals surface area contributed by atoms with Crippen LogP contribution in [0.2, 0.25) is 0 Å². The lowest BCUT2D eigenvalue weighted by Crippen LogP contribution is -1.95. The maximum absolute atomic E-state index is 5.28. The fourth-order valence-electron chi connectivity index (χ4n) is 3.43. The van der Waals surface area contributed by atoms with Gasteiger partial charge in [0.25, 0.3) is 5.89 Å². The minimum Gasteiger partial charge on any atom is -0.422 e. The van der Waals surface area contributed by atoms with E-state index in [1.165, 1.54) is 6.39 Å². The predicted molar refractivity (Wildman–Crippen MR) is 105 cm³/mol. The maximum Gasteiger partial charge on any atom is 0.267 e. The van der Waals surface area contributed by atoms with Crippen molar-refractivity contribution in [3.63, 3.8) is 0 Å². The van der Waals surface area contributed by atoms with Crippen LogP contribution in [0.3, 0.4) is 0 Å². The average Bonchev–Trinajstić information content (AvgIpc) is 3.38. The van der Waals surface area contributed by atoms with Crippen molar-refractivity contribution in [2.24, 2.45) is 0 Å². The molecule has 5 rings (SSSR count). The van der Waals surface area contributed by atoms with Crippen LogP contribution in [0.4, 0.5) is 0 Å². The summed E-state index contributed by atoms with van der Waals surface area (Å²) >= 11 is 0. The lowest BCUT2D eigenvalue weighted by Gasteiger charge is -2.10. The quantitative estimate of drug-likeness (QED) is 0.474. The number of nitrogens with zero attached hydrogens (tertiary/aromatic N) is 5. The van der Waals surface area contributed by atoms with Crippen molar-refractivity contribution in [3.8, 4) is 22.7 Å². The van der Waals surface area contributed by atoms with Crippen molar-refractivity contribution < 1.29 is 9.15 Å². The molecule has 0 saturated carbocycles. The summed E-state index contributed by atoms with van der Waals surface area (Å²) in [7, 11) is 1.70. The number of hydrogen-bond donors (Lipinski definition) is 0. The average molecular weight is 371 g/mol. The van der Waals surface area contributed by atoms with Gasteiger partial charge in [-0.05, 0) is 41.8 Å². The number of rotatable bonds is 4. The zero-order valence-electron chi connectivity index (χ0n) is 15.5. The zero-order chi connectivity index (χ0) is 19.1. The molecule has 0 spiro atoms. The van der Waals surface area contributed by atoms with Crippen LogP contribution in [0.15, 0.2) is 59.5 Å². The number of hydrogen-bond acceptors (Lipinski definition) is 6. The van der Waals surface area contributed by atoms with E-state index in [9.17, 15) is 0 Å². The van der Waals surface area contributed by atoms with Crippen molar-refractivity contribution in [2.45, 2.75) is 13.5 Å². The number of aryl methyl sites for hydroxylation is 1. The van der Waals surface area contributed by atoms with Crippen molar-refractivity contribution in [2.75, 3.05) is 7.11 Å². The standard InChI is InChI=1S/C21H17N5O2/c1-13-9-17(15-5-3-14(4-6-15)11-27-2)16-7-8-19-24-18(21-25-22-12-28-21)10-26(19)20(16)23-13/h3-10,12H,11H2,1-2H3. The highest BCUT2D eigenvalue weighted by atomic mass is 16.5. The lowest BCUT2D eigenvalue weighted by molar-refractivity contribution is 0.185. The first-order chi connectivity index (χ1) is 13.7. The van der Waals surface area contributed by atoms with E-state index in [0.717, 1.165) is 39.1 Å². The highest BCUT2D eigenvalue weighted by molar-refractivity contribution is 5.94. The van der Waals surface area contributed by atoms with Gasteiger partial charge in [-0.2, -0.15) is 0 Å². The van der Waals surface area contributed by atoms with Crippen LogP contribution < -0.4 is 0 Å². The van der Waals surface area contributed by atoms with Gasteiger partial charge in [0.1, 0.15) is 17.0 Å². The fraction of sp³-hybridized carbons (Fsp3) is 0.143. The minimum absolute atomic E-state index is 0.387. The summed E-state index contributed by atoms with van der Waals surface area (Å²) in [5.41, 5.74) is 6.57. The van der Waals surface area contributed by atoms with E-state index in [4.69, 9.17) is 14.1 Å². The first-order valence-corrected chi connectivity index (χ1v) is 8.87. The second-order valence-corrected chi connectivity index (χ2v) is 6.61. The molecule has 0 saturated heterocycles. The Morgan fingerprint density at radius 2 is 1.93 bits per heavy atom. The van der Waals surface area contributed by atoms with E-state index in [1.54, 1.807) is 7.11 Å². The Labute approximate surface area is 160 Å². The van der Waals surface area contributed by atoms with Gasteiger partial charge in [0.05, 0.1) is 6.61 Å². The number of imidazole rings is 1. The van der Waals surface area contributed by atoms with Gasteiger partial charge in [-0.25, -0.2) is 9.97 Å². The summed E-state index contributed by atoms with van der Waals surface area (Å²) in [6.07, 6.45) is 3.17. The summed E-state index contributed by atoms with van der Waals surface area (Å²) in [4.78, 5) is 9.35. The molecule has 7 nitrogen and oxygen atoms in total. The molecule has 0 N–H and O–H groups in total. The molecule has 0 fully saturated rings. The summed E-state index contributed by atoms with van der Waals surface area (Å²) in [5.74, 6) is 0.387. The number of pyridine rings is 2. The molecule has 4 heterocycles. The number of benzene rings is 1. The van der Waals surface area contributed by atoms with Crippen LogP contribution in [0.1, 0.15) is 11.3 Å². The van der Waals surface area contributed by atoms with Crippen LogP contribution in [0, 0.1) is 6.92 Å². The highest BCUT2D eigenvalue weighted by Crippen LogP contribution is 2.30. The van der Waals surface area contributed by atoms with E-state index in [2.05, 4.69) is 51.6 Å². The first kappa shape index (κ1) is 16.6. The van der Waals surface area contributed by atoms with Gasteiger partial charge in [-0.15, -0.1) is 10.2 Å². The van der Waals surface area contributed by atoms with E-state index in [1.807, 2.05) is 23.6 Å². The monoisotopic (exact) mass is 371 g/mol. The molecule has 28 heavy (non-hydrogen) atoms. The van der Waals surface area contributed by atoms with Gasteiger partial charge in [0.15, 0.2) is 0 Å². The number of aromatic nitrogens is 5. The molecule has 0 atom stereocenters. The van der Waals surface area contributed by atoms with E-state index >= 15 is 0 Å². The van der Waals surface area contributed by atoms with E-state index in [-0.39, 0.29) is 0 Å². The normalized spacial score (nSPS) is 11.5. The fourth-order valence-corrected chi connectivity index (χ4v) is 3.43. The molecular weight excluding hydrogens is 354 g/mol. The molecular formula is C21H17N5O2. The van der Waals surface area contributed by atoms with Crippen LogP contribution >= 0.6 is 0 Å². The Morgan fingerprint density at radius 3 is 2.68 bits per heavy atom. The summed E-state index contributed by atoms with van der Waals surface area (Å²) in [6, 6.07) is 14.5. The topological polar surface area (TPSA) is 78.3 Å². The molecule has 0 aliphatic heterocycles. The molecule has 0 bridgehead atoms. The Balaban J connectivity index is 1.71. The van der Waals surface area contributed by atoms with Crippen molar-refractivity contribution in [1.29, 1.82) is 0 Å². The second kappa shape index (κ2) is 6.54. The largest absolute Gasteiger partial charge is 0.422 e. The minimum atomic E-state index is 0.387. The zero-order valence-corrected chi connectivity index (χ0v) is 15.5. The first-order valence-electron chi connectivity index (χ1n) is 8.87. The second-order valence-electron chi connectivity index (χ2n) is 6.61. The predicted octanol–water partition coefficient (Wildman–Crippen LogP) is 4.05. The van der Waals surface area contributed by atoms with E-state index < -0.39 is 0 Å². The van der Waals surface area contributed by atoms with Gasteiger partial charge in [-0.3, -0.25) is 4.40 Å². The van der Waals surface area contributed by atoms with Crippen LogP contribution in [-0.2, 0) is 11.3 Å². The maximum atomic E-state index is 5.28. The summed E-state index contributed by atoms with van der Waals surface area (Å²) < 4.78 is 12.4. The number of methoxy groups -OCH3 is 1. The lowest BCUT2D eigenvalue weighted by atomic mass is 10.0. The van der Waals surface area contributed by atoms with Crippen molar-refractivity contribution in [1.82, 2.24) is 24.6 Å². The Bertz CT molecular complexity index is 1270. The van der Waals surface area contributed by atoms with Crippen LogP contribution in [-0.4, -0.2) is 31.7 Å². The molecule has 0 aliphatic carbocycles. The molecule has 0 aliphatic rings. The van der Waals surface area contributed by atoms with E-state index in [0.29, 0.717) is 18.2 Å². The Morgan fingerprint density at radius 1 is 1.07 bits per heavy atom. The molecule has 0 amide bonds. The SMILES string of the molecule is COCc1ccc(-c2cc(C)nc3c2ccc2nc(-c4nnco4)cn23)cc1. The molecule has 7 heteroatoms. The third-order valence-corrected chi connectivity index (χ3v) is 4.68. The molecule has 138 valence electrons. The van der Waals surface area contributed by atoms with Gasteiger partial charge in [0, 0.05) is 24.4 Å². The van der Waals surface area contributed by atoms with Crippen molar-refractivity contribution >= 4 is 16.7 Å². The van der Waals surface area contributed by atoms with Crippen LogP contribution in [0.25, 0.3) is 39.4 Å². The van der Waals surface area contributed by atoms with Gasteiger partial charge >= 0.3 is 0 Å². The molecule has 0 unspecified atom stereocenters. The summed E-state index contributed by atoms with van der Waals surface area (Å²) in [5, 5.41) is 8.72. The molecule has 0 radical (unpaired) electrons. The molecule has 4 aromatic heterocycles. The highest BCUT2D eigenvalue weighted by Gasteiger charge is 2.14. The van der Waals surface area contributed by atoms with Gasteiger partial charge in [0.2, 0.25) is 6.39 Å². The van der Waals surface area contributed by atoms with Gasteiger partial charge < -0.3 is 9.15 Å².